The minimum absolute atomic E-state index is 0.0850. The van der Waals surface area contributed by atoms with Crippen molar-refractivity contribution in [1.82, 2.24) is 0 Å². The fourth-order valence-electron chi connectivity index (χ4n) is 6.97. The maximum Gasteiger partial charge on any atom is 0.193 e. The van der Waals surface area contributed by atoms with Gasteiger partial charge in [-0.2, -0.15) is 0 Å². The summed E-state index contributed by atoms with van der Waals surface area (Å²) in [5.41, 5.74) is 10.0. The average Bonchev–Trinajstić information content (AvgIpc) is 3.00. The largest absolute Gasteiger partial charge is 0.289 e. The molecule has 2 aliphatic rings. The molecular formula is C40H50O2. The van der Waals surface area contributed by atoms with E-state index >= 15 is 0 Å². The molecule has 42 heavy (non-hydrogen) atoms. The zero-order valence-electron chi connectivity index (χ0n) is 26.2. The Morgan fingerprint density at radius 1 is 0.429 bits per heavy atom. The first-order valence-corrected chi connectivity index (χ1v) is 17.1. The lowest BCUT2D eigenvalue weighted by Crippen LogP contribution is -2.21. The van der Waals surface area contributed by atoms with Crippen LogP contribution in [0.25, 0.3) is 0 Å². The minimum atomic E-state index is 0.0850. The number of rotatable bonds is 16. The Morgan fingerprint density at radius 3 is 1.24 bits per heavy atom. The fraction of sp³-hybridized carbons (Fsp3) is 0.500. The van der Waals surface area contributed by atoms with Gasteiger partial charge in [-0.1, -0.05) is 121 Å². The Morgan fingerprint density at radius 2 is 0.810 bits per heavy atom. The molecular weight excluding hydrogens is 512 g/mol. The molecule has 0 radical (unpaired) electrons. The van der Waals surface area contributed by atoms with E-state index in [4.69, 9.17) is 0 Å². The summed E-state index contributed by atoms with van der Waals surface area (Å²) >= 11 is 0. The maximum atomic E-state index is 13.7. The first-order chi connectivity index (χ1) is 20.6. The van der Waals surface area contributed by atoms with Crippen LogP contribution in [0.3, 0.4) is 0 Å². The van der Waals surface area contributed by atoms with Gasteiger partial charge in [0, 0.05) is 22.3 Å². The van der Waals surface area contributed by atoms with E-state index in [2.05, 4.69) is 56.3 Å². The van der Waals surface area contributed by atoms with Crippen molar-refractivity contribution in [3.05, 3.63) is 104 Å². The van der Waals surface area contributed by atoms with E-state index in [1.54, 1.807) is 0 Å². The highest BCUT2D eigenvalue weighted by molar-refractivity contribution is 6.17. The Balaban J connectivity index is 1.24. The number of aryl methyl sites for hydroxylation is 2. The Bertz CT molecular complexity index is 1290. The molecule has 3 aromatic rings. The molecule has 0 unspecified atom stereocenters. The van der Waals surface area contributed by atoms with Gasteiger partial charge in [0.2, 0.25) is 0 Å². The summed E-state index contributed by atoms with van der Waals surface area (Å²) in [5.74, 6) is 0.170. The van der Waals surface area contributed by atoms with Crippen molar-refractivity contribution in [2.45, 2.75) is 129 Å². The molecule has 2 aliphatic carbocycles. The second-order valence-electron chi connectivity index (χ2n) is 12.9. The van der Waals surface area contributed by atoms with Crippen LogP contribution in [0.2, 0.25) is 0 Å². The van der Waals surface area contributed by atoms with Crippen molar-refractivity contribution in [1.29, 1.82) is 0 Å². The summed E-state index contributed by atoms with van der Waals surface area (Å²) in [5, 5.41) is 0. The van der Waals surface area contributed by atoms with Gasteiger partial charge >= 0.3 is 0 Å². The lowest BCUT2D eigenvalue weighted by atomic mass is 9.77. The first-order valence-electron chi connectivity index (χ1n) is 17.1. The Labute approximate surface area is 254 Å². The Kier molecular flexibility index (Phi) is 10.8. The second-order valence-corrected chi connectivity index (χ2v) is 12.9. The molecule has 3 aromatic carbocycles. The van der Waals surface area contributed by atoms with E-state index in [1.807, 2.05) is 6.07 Å². The fourth-order valence-corrected chi connectivity index (χ4v) is 6.97. The monoisotopic (exact) mass is 562 g/mol. The lowest BCUT2D eigenvalue weighted by molar-refractivity contribution is 0.103. The van der Waals surface area contributed by atoms with Gasteiger partial charge < -0.3 is 0 Å². The number of fused-ring (bicyclic) bond motifs is 4. The number of ketones is 2. The highest BCUT2D eigenvalue weighted by Crippen LogP contribution is 2.35. The van der Waals surface area contributed by atoms with Crippen LogP contribution in [-0.4, -0.2) is 11.6 Å². The number of carbonyl (C=O) groups excluding carboxylic acids is 2. The molecule has 0 amide bonds. The third-order valence-corrected chi connectivity index (χ3v) is 9.56. The topological polar surface area (TPSA) is 34.1 Å². The molecule has 0 saturated carbocycles. The van der Waals surface area contributed by atoms with Gasteiger partial charge in [-0.3, -0.25) is 9.59 Å². The standard InChI is InChI=1S/C40H50O2/c1-3-5-7-9-11-13-15-17-29-19-21-31-25-33-27-34-26-32-22-20-30(18-16-14-12-10-8-6-4-2)24-36(32)40(42)38(34)28-37(33)39(41)35(31)23-29/h19-24,27-28H,3-18,25-26H2,1-2H3. The molecule has 0 fully saturated rings. The van der Waals surface area contributed by atoms with E-state index in [0.717, 1.165) is 70.2 Å². The van der Waals surface area contributed by atoms with E-state index in [-0.39, 0.29) is 11.6 Å². The number of unbranched alkanes of at least 4 members (excludes halogenated alkanes) is 12. The lowest BCUT2D eigenvalue weighted by Gasteiger charge is -2.25. The molecule has 0 heterocycles. The van der Waals surface area contributed by atoms with Gasteiger partial charge in [0.15, 0.2) is 11.6 Å². The van der Waals surface area contributed by atoms with E-state index in [1.165, 1.54) is 101 Å². The number of carbonyl (C=O) groups is 2. The second kappa shape index (κ2) is 14.9. The number of benzene rings is 3. The van der Waals surface area contributed by atoms with Crippen molar-refractivity contribution in [2.75, 3.05) is 0 Å². The Hall–Kier alpha value is -3.00. The van der Waals surface area contributed by atoms with Gasteiger partial charge in [-0.15, -0.1) is 0 Å². The van der Waals surface area contributed by atoms with E-state index < -0.39 is 0 Å². The van der Waals surface area contributed by atoms with Gasteiger partial charge in [-0.25, -0.2) is 0 Å². The summed E-state index contributed by atoms with van der Waals surface area (Å²) in [7, 11) is 0. The van der Waals surface area contributed by atoms with Gasteiger partial charge in [0.05, 0.1) is 0 Å². The smallest absolute Gasteiger partial charge is 0.193 e. The summed E-state index contributed by atoms with van der Waals surface area (Å²) in [6.45, 7) is 4.52. The van der Waals surface area contributed by atoms with Crippen molar-refractivity contribution < 1.29 is 9.59 Å². The van der Waals surface area contributed by atoms with E-state index in [0.29, 0.717) is 0 Å². The molecule has 0 aromatic heterocycles. The highest BCUT2D eigenvalue weighted by Gasteiger charge is 2.30. The van der Waals surface area contributed by atoms with Gasteiger partial charge in [0.25, 0.3) is 0 Å². The van der Waals surface area contributed by atoms with Crippen LogP contribution in [0.15, 0.2) is 48.5 Å². The molecule has 0 N–H and O–H groups in total. The number of hydrogen-bond donors (Lipinski definition) is 0. The van der Waals surface area contributed by atoms with Gasteiger partial charge in [-0.05, 0) is 90.1 Å². The highest BCUT2D eigenvalue weighted by atomic mass is 16.1. The molecule has 0 aliphatic heterocycles. The minimum Gasteiger partial charge on any atom is -0.289 e. The van der Waals surface area contributed by atoms with Crippen LogP contribution in [0.5, 0.6) is 0 Å². The SMILES string of the molecule is CCCCCCCCCc1ccc2c(c1)C(=O)c1cc3c(cc1C2)Cc1ccc(CCCCCCCCC)cc1C3=O. The quantitative estimate of drug-likeness (QED) is 0.112. The van der Waals surface area contributed by atoms with Crippen LogP contribution < -0.4 is 0 Å². The molecule has 0 bridgehead atoms. The summed E-state index contributed by atoms with van der Waals surface area (Å²) in [4.78, 5) is 27.5. The molecule has 222 valence electrons. The zero-order chi connectivity index (χ0) is 29.3. The third kappa shape index (κ3) is 7.31. The normalized spacial score (nSPS) is 13.5. The maximum absolute atomic E-state index is 13.7. The predicted molar refractivity (Wildman–Crippen MR) is 175 cm³/mol. The summed E-state index contributed by atoms with van der Waals surface area (Å²) in [6, 6.07) is 17.1. The van der Waals surface area contributed by atoms with Crippen molar-refractivity contribution in [3.63, 3.8) is 0 Å². The molecule has 0 saturated heterocycles. The molecule has 0 atom stereocenters. The molecule has 0 spiro atoms. The average molecular weight is 563 g/mol. The molecule has 2 nitrogen and oxygen atoms in total. The third-order valence-electron chi connectivity index (χ3n) is 9.56. The summed E-state index contributed by atoms with van der Waals surface area (Å²) < 4.78 is 0. The van der Waals surface area contributed by atoms with Crippen molar-refractivity contribution >= 4 is 11.6 Å². The van der Waals surface area contributed by atoms with Crippen LogP contribution in [0.4, 0.5) is 0 Å². The van der Waals surface area contributed by atoms with E-state index in [9.17, 15) is 9.59 Å². The zero-order valence-corrected chi connectivity index (χ0v) is 26.2. The van der Waals surface area contributed by atoms with Crippen molar-refractivity contribution in [2.24, 2.45) is 0 Å². The van der Waals surface area contributed by atoms with Crippen molar-refractivity contribution in [3.8, 4) is 0 Å². The number of hydrogen-bond acceptors (Lipinski definition) is 2. The summed E-state index contributed by atoms with van der Waals surface area (Å²) in [6.07, 6.45) is 21.7. The predicted octanol–water partition coefficient (Wildman–Crippen LogP) is 10.5. The van der Waals surface area contributed by atoms with Gasteiger partial charge in [0.1, 0.15) is 0 Å². The van der Waals surface area contributed by atoms with Crippen LogP contribution in [0.1, 0.15) is 169 Å². The molecule has 5 rings (SSSR count). The van der Waals surface area contributed by atoms with Crippen LogP contribution in [0, 0.1) is 0 Å². The van der Waals surface area contributed by atoms with Crippen LogP contribution in [-0.2, 0) is 25.7 Å². The van der Waals surface area contributed by atoms with Crippen LogP contribution >= 0.6 is 0 Å². The molecule has 2 heteroatoms. The first kappa shape index (κ1) is 30.5.